The van der Waals surface area contributed by atoms with Crippen LogP contribution in [0, 0.1) is 6.92 Å². The van der Waals surface area contributed by atoms with E-state index in [1.807, 2.05) is 72.7 Å². The molecule has 0 unspecified atom stereocenters. The Kier molecular flexibility index (Phi) is 6.62. The highest BCUT2D eigenvalue weighted by Crippen LogP contribution is 2.41. The van der Waals surface area contributed by atoms with Gasteiger partial charge in [-0.05, 0) is 53.3 Å². The number of imide groups is 1. The molecule has 0 aliphatic carbocycles. The molecule has 0 bridgehead atoms. The van der Waals surface area contributed by atoms with Crippen molar-refractivity contribution in [3.05, 3.63) is 69.1 Å². The number of nitrogens with zero attached hydrogens (tertiary/aromatic N) is 1. The lowest BCUT2D eigenvalue weighted by Gasteiger charge is -2.28. The van der Waals surface area contributed by atoms with Crippen LogP contribution in [0.4, 0.5) is 4.79 Å². The summed E-state index contributed by atoms with van der Waals surface area (Å²) in [5.74, 6) is -0.509. The molecule has 1 aliphatic heterocycles. The van der Waals surface area contributed by atoms with E-state index in [-0.39, 0.29) is 33.8 Å². The van der Waals surface area contributed by atoms with Crippen LogP contribution >= 0.6 is 11.8 Å². The smallest absolute Gasteiger partial charge is 0.293 e. The maximum atomic E-state index is 13.0. The minimum absolute atomic E-state index is 0.254. The van der Waals surface area contributed by atoms with Crippen LogP contribution in [0.1, 0.15) is 74.2 Å². The molecule has 0 saturated carbocycles. The van der Waals surface area contributed by atoms with Crippen LogP contribution in [0.15, 0.2) is 41.3 Å². The number of thioether (sulfide) groups is 1. The predicted octanol–water partition coefficient (Wildman–Crippen LogP) is 6.21. The van der Waals surface area contributed by atoms with Gasteiger partial charge < -0.3 is 5.11 Å². The number of rotatable bonds is 4. The molecule has 6 heteroatoms. The molecule has 0 radical (unpaired) electrons. The fourth-order valence-electron chi connectivity index (χ4n) is 3.65. The standard InChI is InChI=1S/C27H31NO4S/c1-16-8-10-18(11-9-16)21(29)15-28-24(31)22(33-25(28)32)14-17-12-19(26(2,3)4)23(30)20(13-17)27(5,6)7/h8-14,30H,15H2,1-7H3. The number of amides is 2. The second kappa shape index (κ2) is 8.82. The number of carbonyl (C=O) groups excluding carboxylic acids is 3. The average Bonchev–Trinajstić information content (AvgIpc) is 2.95. The van der Waals surface area contributed by atoms with Gasteiger partial charge in [0.25, 0.3) is 11.1 Å². The summed E-state index contributed by atoms with van der Waals surface area (Å²) in [5.41, 5.74) is 3.15. The zero-order valence-corrected chi connectivity index (χ0v) is 21.1. The Morgan fingerprint density at radius 3 is 1.97 bits per heavy atom. The molecule has 1 aliphatic rings. The third-order valence-electron chi connectivity index (χ3n) is 5.59. The SMILES string of the molecule is Cc1ccc(C(=O)CN2C(=O)SC(=Cc3cc(C(C)(C)C)c(O)c(C(C)(C)C)c3)C2=O)cc1. The van der Waals surface area contributed by atoms with Crippen molar-refractivity contribution in [3.63, 3.8) is 0 Å². The van der Waals surface area contributed by atoms with E-state index in [1.54, 1.807) is 18.2 Å². The summed E-state index contributed by atoms with van der Waals surface area (Å²) in [6.45, 7) is 13.7. The molecule has 1 N–H and O–H groups in total. The lowest BCUT2D eigenvalue weighted by molar-refractivity contribution is -0.122. The number of ketones is 1. The number of benzene rings is 2. The molecule has 2 amide bonds. The number of phenols is 1. The van der Waals surface area contributed by atoms with Gasteiger partial charge in [0.15, 0.2) is 5.78 Å². The number of phenolic OH excluding ortho intramolecular Hbond substituents is 1. The molecule has 174 valence electrons. The van der Waals surface area contributed by atoms with Gasteiger partial charge in [-0.3, -0.25) is 19.3 Å². The van der Waals surface area contributed by atoms with Crippen molar-refractivity contribution >= 4 is 34.8 Å². The second-order valence-electron chi connectivity index (χ2n) is 10.5. The van der Waals surface area contributed by atoms with Gasteiger partial charge >= 0.3 is 0 Å². The largest absolute Gasteiger partial charge is 0.507 e. The Labute approximate surface area is 199 Å². The molecular formula is C27H31NO4S. The molecule has 0 spiro atoms. The van der Waals surface area contributed by atoms with E-state index >= 15 is 0 Å². The van der Waals surface area contributed by atoms with Crippen molar-refractivity contribution in [1.29, 1.82) is 0 Å². The van der Waals surface area contributed by atoms with Gasteiger partial charge in [-0.25, -0.2) is 0 Å². The Balaban J connectivity index is 1.94. The number of Topliss-reactive ketones (excluding diaryl/α,β-unsaturated/α-hetero) is 1. The van der Waals surface area contributed by atoms with Crippen LogP contribution in [-0.4, -0.2) is 33.5 Å². The molecule has 2 aromatic rings. The molecular weight excluding hydrogens is 434 g/mol. The van der Waals surface area contributed by atoms with Gasteiger partial charge in [0, 0.05) is 16.7 Å². The molecule has 5 nitrogen and oxygen atoms in total. The molecule has 2 aromatic carbocycles. The van der Waals surface area contributed by atoms with Crippen LogP contribution in [0.25, 0.3) is 6.08 Å². The van der Waals surface area contributed by atoms with Crippen LogP contribution in [0.5, 0.6) is 5.75 Å². The van der Waals surface area contributed by atoms with Crippen molar-refractivity contribution in [1.82, 2.24) is 4.90 Å². The molecule has 33 heavy (non-hydrogen) atoms. The van der Waals surface area contributed by atoms with Crippen LogP contribution in [0.3, 0.4) is 0 Å². The number of aryl methyl sites for hydroxylation is 1. The number of carbonyl (C=O) groups is 3. The van der Waals surface area contributed by atoms with Gasteiger partial charge in [0.2, 0.25) is 0 Å². The van der Waals surface area contributed by atoms with E-state index in [1.165, 1.54) is 0 Å². The summed E-state index contributed by atoms with van der Waals surface area (Å²) in [7, 11) is 0. The maximum Gasteiger partial charge on any atom is 0.293 e. The first kappa shape index (κ1) is 24.8. The maximum absolute atomic E-state index is 13.0. The Morgan fingerprint density at radius 2 is 1.48 bits per heavy atom. The predicted molar refractivity (Wildman–Crippen MR) is 134 cm³/mol. The van der Waals surface area contributed by atoms with Crippen LogP contribution in [-0.2, 0) is 15.6 Å². The Morgan fingerprint density at radius 1 is 0.970 bits per heavy atom. The summed E-state index contributed by atoms with van der Waals surface area (Å²) >= 11 is 0.831. The van der Waals surface area contributed by atoms with Crippen molar-refractivity contribution in [2.45, 2.75) is 59.3 Å². The van der Waals surface area contributed by atoms with E-state index in [0.717, 1.165) is 38.9 Å². The third kappa shape index (κ3) is 5.38. The molecule has 1 fully saturated rings. The van der Waals surface area contributed by atoms with Gasteiger partial charge in [-0.2, -0.15) is 0 Å². The summed E-state index contributed by atoms with van der Waals surface area (Å²) in [5, 5.41) is 10.5. The van der Waals surface area contributed by atoms with E-state index in [2.05, 4.69) is 0 Å². The second-order valence-corrected chi connectivity index (χ2v) is 11.5. The van der Waals surface area contributed by atoms with E-state index in [4.69, 9.17) is 0 Å². The lowest BCUT2D eigenvalue weighted by atomic mass is 9.78. The first-order valence-electron chi connectivity index (χ1n) is 10.9. The summed E-state index contributed by atoms with van der Waals surface area (Å²) in [4.78, 5) is 39.4. The highest BCUT2D eigenvalue weighted by molar-refractivity contribution is 8.18. The number of aromatic hydroxyl groups is 1. The van der Waals surface area contributed by atoms with Gasteiger partial charge in [0.05, 0.1) is 11.4 Å². The quantitative estimate of drug-likeness (QED) is 0.429. The van der Waals surface area contributed by atoms with E-state index in [0.29, 0.717) is 5.56 Å². The zero-order valence-electron chi connectivity index (χ0n) is 20.3. The highest BCUT2D eigenvalue weighted by Gasteiger charge is 2.36. The van der Waals surface area contributed by atoms with E-state index < -0.39 is 11.1 Å². The van der Waals surface area contributed by atoms with Crippen molar-refractivity contribution < 1.29 is 19.5 Å². The fraction of sp³-hybridized carbons (Fsp3) is 0.370. The third-order valence-corrected chi connectivity index (χ3v) is 6.50. The normalized spacial score (nSPS) is 16.1. The number of hydrogen-bond acceptors (Lipinski definition) is 5. The minimum atomic E-state index is -0.479. The topological polar surface area (TPSA) is 74.7 Å². The van der Waals surface area contributed by atoms with Crippen LogP contribution in [0.2, 0.25) is 0 Å². The molecule has 0 aromatic heterocycles. The van der Waals surface area contributed by atoms with E-state index in [9.17, 15) is 19.5 Å². The first-order valence-corrected chi connectivity index (χ1v) is 11.7. The Bertz CT molecular complexity index is 1110. The summed E-state index contributed by atoms with van der Waals surface area (Å²) in [6, 6.07) is 10.8. The average molecular weight is 466 g/mol. The van der Waals surface area contributed by atoms with Gasteiger partial charge in [0.1, 0.15) is 5.75 Å². The molecule has 3 rings (SSSR count). The highest BCUT2D eigenvalue weighted by atomic mass is 32.2. The van der Waals surface area contributed by atoms with Gasteiger partial charge in [-0.1, -0.05) is 71.4 Å². The number of hydrogen-bond donors (Lipinski definition) is 1. The van der Waals surface area contributed by atoms with Crippen molar-refractivity contribution in [2.75, 3.05) is 6.54 Å². The zero-order chi connectivity index (χ0) is 24.7. The molecule has 1 heterocycles. The summed E-state index contributed by atoms with van der Waals surface area (Å²) in [6.07, 6.45) is 1.67. The summed E-state index contributed by atoms with van der Waals surface area (Å²) < 4.78 is 0. The monoisotopic (exact) mass is 465 g/mol. The minimum Gasteiger partial charge on any atom is -0.507 e. The van der Waals surface area contributed by atoms with Crippen molar-refractivity contribution in [3.8, 4) is 5.75 Å². The first-order chi connectivity index (χ1) is 15.2. The molecule has 0 atom stereocenters. The Hall–Kier alpha value is -2.86. The van der Waals surface area contributed by atoms with Crippen molar-refractivity contribution in [2.24, 2.45) is 0 Å². The lowest BCUT2D eigenvalue weighted by Crippen LogP contribution is -2.33. The fourth-order valence-corrected chi connectivity index (χ4v) is 4.48. The van der Waals surface area contributed by atoms with Crippen LogP contribution < -0.4 is 0 Å². The van der Waals surface area contributed by atoms with Gasteiger partial charge in [-0.15, -0.1) is 0 Å². The molecule has 1 saturated heterocycles.